The predicted molar refractivity (Wildman–Crippen MR) is 75.8 cm³/mol. The van der Waals surface area contributed by atoms with E-state index in [1.54, 1.807) is 6.92 Å². The van der Waals surface area contributed by atoms with Crippen molar-refractivity contribution in [3.05, 3.63) is 0 Å². The molecule has 1 saturated heterocycles. The minimum Gasteiger partial charge on any atom is -0.393 e. The van der Waals surface area contributed by atoms with Crippen molar-refractivity contribution in [2.24, 2.45) is 0 Å². The summed E-state index contributed by atoms with van der Waals surface area (Å²) in [6, 6.07) is 0. The van der Waals surface area contributed by atoms with E-state index in [0.29, 0.717) is 0 Å². The Morgan fingerprint density at radius 3 is 2.10 bits per heavy atom. The summed E-state index contributed by atoms with van der Waals surface area (Å²) < 4.78 is 4.62. The number of rotatable bonds is 5. The Morgan fingerprint density at radius 1 is 1.05 bits per heavy atom. The van der Waals surface area contributed by atoms with E-state index in [0.717, 1.165) is 12.8 Å². The molecule has 5 nitrogen and oxygen atoms in total. The number of nitrogens with zero attached hydrogens (tertiary/aromatic N) is 1. The second-order valence-electron chi connectivity index (χ2n) is 6.56. The molecule has 0 aliphatic carbocycles. The average molecular weight is 285 g/mol. The zero-order valence-corrected chi connectivity index (χ0v) is 13.3. The Bertz CT molecular complexity index is 347. The van der Waals surface area contributed by atoms with E-state index in [-0.39, 0.29) is 30.5 Å². The number of piperidine rings is 1. The first-order chi connectivity index (χ1) is 9.19. The molecule has 0 aromatic heterocycles. The summed E-state index contributed by atoms with van der Waals surface area (Å²) in [6.45, 7) is 10.5. The van der Waals surface area contributed by atoms with Crippen LogP contribution in [-0.2, 0) is 19.2 Å². The molecule has 20 heavy (non-hydrogen) atoms. The molecular formula is C15H27NO4. The number of carbonyl (C=O) groups is 2. The van der Waals surface area contributed by atoms with Crippen molar-refractivity contribution in [2.45, 2.75) is 77.8 Å². The summed E-state index contributed by atoms with van der Waals surface area (Å²) in [4.78, 5) is 28.3. The van der Waals surface area contributed by atoms with Gasteiger partial charge in [-0.3, -0.25) is 14.4 Å². The van der Waals surface area contributed by atoms with Crippen molar-refractivity contribution in [2.75, 3.05) is 6.61 Å². The monoisotopic (exact) mass is 285 g/mol. The Balaban J connectivity index is 2.46. The van der Waals surface area contributed by atoms with E-state index in [1.165, 1.54) is 6.42 Å². The van der Waals surface area contributed by atoms with E-state index < -0.39 is 11.9 Å². The highest BCUT2D eigenvalue weighted by atomic mass is 16.7. The van der Waals surface area contributed by atoms with Gasteiger partial charge in [-0.1, -0.05) is 6.92 Å². The topological polar surface area (TPSA) is 55.8 Å². The van der Waals surface area contributed by atoms with Crippen molar-refractivity contribution >= 4 is 11.9 Å². The molecular weight excluding hydrogens is 258 g/mol. The summed E-state index contributed by atoms with van der Waals surface area (Å²) in [6.07, 6.45) is 3.60. The van der Waals surface area contributed by atoms with Crippen molar-refractivity contribution < 1.29 is 19.2 Å². The predicted octanol–water partition coefficient (Wildman–Crippen LogP) is 2.83. The molecule has 5 heteroatoms. The molecule has 1 heterocycles. The second kappa shape index (κ2) is 6.68. The van der Waals surface area contributed by atoms with Crippen LogP contribution in [-0.4, -0.2) is 34.7 Å². The van der Waals surface area contributed by atoms with E-state index in [1.807, 2.05) is 5.06 Å². The molecule has 0 unspecified atom stereocenters. The smallest absolute Gasteiger partial charge is 0.315 e. The molecule has 1 aliphatic heterocycles. The van der Waals surface area contributed by atoms with Gasteiger partial charge in [-0.25, -0.2) is 0 Å². The molecule has 1 aliphatic rings. The standard InChI is InChI=1S/C15H27NO4/c1-6-12(17)20-13(18)8-11-19-16-14(2,3)9-7-10-15(16,4)5/h6-11H2,1-5H3. The van der Waals surface area contributed by atoms with Gasteiger partial charge in [-0.05, 0) is 47.0 Å². The third-order valence-corrected chi connectivity index (χ3v) is 3.72. The number of carbonyl (C=O) groups excluding carboxylic acids is 2. The number of hydrogen-bond acceptors (Lipinski definition) is 5. The Morgan fingerprint density at radius 2 is 1.60 bits per heavy atom. The summed E-state index contributed by atoms with van der Waals surface area (Å²) in [7, 11) is 0. The average Bonchev–Trinajstić information content (AvgIpc) is 2.31. The molecule has 0 bridgehead atoms. The van der Waals surface area contributed by atoms with Gasteiger partial charge in [0.1, 0.15) is 0 Å². The second-order valence-corrected chi connectivity index (χ2v) is 6.56. The third-order valence-electron chi connectivity index (χ3n) is 3.72. The number of hydroxylamine groups is 2. The largest absolute Gasteiger partial charge is 0.393 e. The van der Waals surface area contributed by atoms with Crippen molar-refractivity contribution in [3.8, 4) is 0 Å². The maximum absolute atomic E-state index is 11.4. The minimum absolute atomic E-state index is 0.0507. The fourth-order valence-corrected chi connectivity index (χ4v) is 2.80. The molecule has 0 spiro atoms. The molecule has 0 aromatic rings. The summed E-state index contributed by atoms with van der Waals surface area (Å²) >= 11 is 0. The van der Waals surface area contributed by atoms with Gasteiger partial charge < -0.3 is 4.74 Å². The SMILES string of the molecule is CCC(=O)OC(=O)CCON1C(C)(C)CCCC1(C)C. The maximum Gasteiger partial charge on any atom is 0.315 e. The molecule has 116 valence electrons. The molecule has 0 aromatic carbocycles. The Labute approximate surface area is 121 Å². The van der Waals surface area contributed by atoms with Crippen molar-refractivity contribution in [1.29, 1.82) is 0 Å². The van der Waals surface area contributed by atoms with Gasteiger partial charge in [-0.2, -0.15) is 5.06 Å². The van der Waals surface area contributed by atoms with Crippen molar-refractivity contribution in [1.82, 2.24) is 5.06 Å². The highest BCUT2D eigenvalue weighted by Crippen LogP contribution is 2.38. The zero-order chi connectivity index (χ0) is 15.4. The lowest BCUT2D eigenvalue weighted by molar-refractivity contribution is -0.280. The summed E-state index contributed by atoms with van der Waals surface area (Å²) in [5, 5.41) is 2.00. The molecule has 1 fully saturated rings. The first kappa shape index (κ1) is 17.1. The number of ether oxygens (including phenoxy) is 1. The van der Waals surface area contributed by atoms with E-state index in [9.17, 15) is 9.59 Å². The van der Waals surface area contributed by atoms with Crippen LogP contribution >= 0.6 is 0 Å². The fraction of sp³-hybridized carbons (Fsp3) is 0.867. The molecule has 0 saturated carbocycles. The van der Waals surface area contributed by atoms with E-state index in [2.05, 4.69) is 32.4 Å². The third kappa shape index (κ3) is 4.56. The lowest BCUT2D eigenvalue weighted by Gasteiger charge is -2.51. The van der Waals surface area contributed by atoms with Gasteiger partial charge in [0, 0.05) is 17.5 Å². The van der Waals surface area contributed by atoms with E-state index >= 15 is 0 Å². The van der Waals surface area contributed by atoms with Gasteiger partial charge in [0.2, 0.25) is 0 Å². The Hall–Kier alpha value is -0.940. The van der Waals surface area contributed by atoms with Gasteiger partial charge in [0.05, 0.1) is 13.0 Å². The Kier molecular flexibility index (Phi) is 5.71. The van der Waals surface area contributed by atoms with Crippen LogP contribution in [0.1, 0.15) is 66.7 Å². The van der Waals surface area contributed by atoms with Crippen LogP contribution in [0.4, 0.5) is 0 Å². The molecule has 0 N–H and O–H groups in total. The fourth-order valence-electron chi connectivity index (χ4n) is 2.80. The molecule has 1 rings (SSSR count). The summed E-state index contributed by atoms with van der Waals surface area (Å²) in [5.74, 6) is -1.02. The lowest BCUT2D eigenvalue weighted by atomic mass is 9.82. The first-order valence-electron chi connectivity index (χ1n) is 7.36. The van der Waals surface area contributed by atoms with Crippen LogP contribution < -0.4 is 0 Å². The van der Waals surface area contributed by atoms with Crippen LogP contribution in [0.25, 0.3) is 0 Å². The van der Waals surface area contributed by atoms with E-state index in [4.69, 9.17) is 4.84 Å². The van der Waals surface area contributed by atoms with Gasteiger partial charge >= 0.3 is 11.9 Å². The van der Waals surface area contributed by atoms with Crippen LogP contribution in [0.15, 0.2) is 0 Å². The maximum atomic E-state index is 11.4. The van der Waals surface area contributed by atoms with Crippen LogP contribution in [0, 0.1) is 0 Å². The van der Waals surface area contributed by atoms with Crippen LogP contribution in [0.2, 0.25) is 0 Å². The van der Waals surface area contributed by atoms with Gasteiger partial charge in [-0.15, -0.1) is 0 Å². The molecule has 0 atom stereocenters. The highest BCUT2D eigenvalue weighted by Gasteiger charge is 2.42. The van der Waals surface area contributed by atoms with Crippen LogP contribution in [0.3, 0.4) is 0 Å². The van der Waals surface area contributed by atoms with Gasteiger partial charge in [0.25, 0.3) is 0 Å². The van der Waals surface area contributed by atoms with Crippen molar-refractivity contribution in [3.63, 3.8) is 0 Å². The van der Waals surface area contributed by atoms with Gasteiger partial charge in [0.15, 0.2) is 0 Å². The molecule has 0 radical (unpaired) electrons. The lowest BCUT2D eigenvalue weighted by Crippen LogP contribution is -2.58. The first-order valence-corrected chi connectivity index (χ1v) is 7.36. The normalized spacial score (nSPS) is 21.4. The molecule has 0 amide bonds. The minimum atomic E-state index is -0.524. The quantitative estimate of drug-likeness (QED) is 0.574. The number of hydrogen-bond donors (Lipinski definition) is 0. The number of esters is 2. The van der Waals surface area contributed by atoms with Crippen LogP contribution in [0.5, 0.6) is 0 Å². The summed E-state index contributed by atoms with van der Waals surface area (Å²) in [5.41, 5.74) is -0.101. The zero-order valence-electron chi connectivity index (χ0n) is 13.3. The highest BCUT2D eigenvalue weighted by molar-refractivity contribution is 5.85.